The summed E-state index contributed by atoms with van der Waals surface area (Å²) in [5.41, 5.74) is 1.25. The van der Waals surface area contributed by atoms with Gasteiger partial charge in [0.2, 0.25) is 0 Å². The van der Waals surface area contributed by atoms with Crippen molar-refractivity contribution in [2.45, 2.75) is 52.6 Å². The molecule has 0 bridgehead atoms. The van der Waals surface area contributed by atoms with E-state index in [4.69, 9.17) is 9.47 Å². The minimum absolute atomic E-state index is 0.496. The van der Waals surface area contributed by atoms with Gasteiger partial charge in [-0.3, -0.25) is 0 Å². The van der Waals surface area contributed by atoms with Crippen molar-refractivity contribution in [2.75, 3.05) is 19.8 Å². The molecule has 3 heteroatoms. The van der Waals surface area contributed by atoms with E-state index in [0.29, 0.717) is 19.3 Å². The molecule has 0 aromatic heterocycles. The molecule has 0 amide bonds. The maximum atomic E-state index is 5.71. The fourth-order valence-corrected chi connectivity index (χ4v) is 1.84. The highest BCUT2D eigenvalue weighted by molar-refractivity contribution is 5.28. The lowest BCUT2D eigenvalue weighted by Gasteiger charge is -2.10. The fourth-order valence-electron chi connectivity index (χ4n) is 1.84. The Morgan fingerprint density at radius 3 is 2.70 bits per heavy atom. The van der Waals surface area contributed by atoms with Crippen LogP contribution in [0.4, 0.5) is 0 Å². The largest absolute Gasteiger partial charge is 0.491 e. The maximum Gasteiger partial charge on any atom is 0.119 e. The second-order valence-corrected chi connectivity index (χ2v) is 5.35. The van der Waals surface area contributed by atoms with E-state index in [1.165, 1.54) is 18.4 Å². The SMILES string of the molecule is CCCCCOCCOc1cccc(CNC(C)C)c1. The van der Waals surface area contributed by atoms with Gasteiger partial charge in [-0.1, -0.05) is 45.7 Å². The van der Waals surface area contributed by atoms with Crippen LogP contribution < -0.4 is 10.1 Å². The van der Waals surface area contributed by atoms with Crippen LogP contribution in [0.25, 0.3) is 0 Å². The molecular weight excluding hydrogens is 250 g/mol. The Kier molecular flexibility index (Phi) is 9.09. The third-order valence-corrected chi connectivity index (χ3v) is 3.00. The zero-order valence-electron chi connectivity index (χ0n) is 13.2. The van der Waals surface area contributed by atoms with Crippen LogP contribution in [0.3, 0.4) is 0 Å². The van der Waals surface area contributed by atoms with Crippen molar-refractivity contribution < 1.29 is 9.47 Å². The molecule has 114 valence electrons. The minimum Gasteiger partial charge on any atom is -0.491 e. The molecule has 1 aromatic carbocycles. The minimum atomic E-state index is 0.496. The summed E-state index contributed by atoms with van der Waals surface area (Å²) in [5.74, 6) is 0.921. The van der Waals surface area contributed by atoms with E-state index in [0.717, 1.165) is 25.3 Å². The van der Waals surface area contributed by atoms with Crippen LogP contribution in [-0.4, -0.2) is 25.9 Å². The van der Waals surface area contributed by atoms with Gasteiger partial charge in [0.25, 0.3) is 0 Å². The second kappa shape index (κ2) is 10.7. The van der Waals surface area contributed by atoms with Crippen LogP contribution in [0.2, 0.25) is 0 Å². The van der Waals surface area contributed by atoms with Crippen LogP contribution in [0, 0.1) is 0 Å². The molecule has 0 saturated heterocycles. The number of unbranched alkanes of at least 4 members (excludes halogenated alkanes) is 2. The normalized spacial score (nSPS) is 11.0. The summed E-state index contributed by atoms with van der Waals surface area (Å²) in [6.07, 6.45) is 3.62. The van der Waals surface area contributed by atoms with Gasteiger partial charge in [-0.2, -0.15) is 0 Å². The summed E-state index contributed by atoms with van der Waals surface area (Å²) in [4.78, 5) is 0. The summed E-state index contributed by atoms with van der Waals surface area (Å²) < 4.78 is 11.2. The summed E-state index contributed by atoms with van der Waals surface area (Å²) >= 11 is 0. The molecule has 3 nitrogen and oxygen atoms in total. The number of nitrogens with one attached hydrogen (secondary N) is 1. The van der Waals surface area contributed by atoms with Crippen molar-refractivity contribution in [3.05, 3.63) is 29.8 Å². The van der Waals surface area contributed by atoms with E-state index >= 15 is 0 Å². The van der Waals surface area contributed by atoms with E-state index < -0.39 is 0 Å². The molecule has 0 unspecified atom stereocenters. The lowest BCUT2D eigenvalue weighted by atomic mass is 10.2. The fraction of sp³-hybridized carbons (Fsp3) is 0.647. The second-order valence-electron chi connectivity index (χ2n) is 5.35. The van der Waals surface area contributed by atoms with Gasteiger partial charge in [-0.15, -0.1) is 0 Å². The number of benzene rings is 1. The average molecular weight is 279 g/mol. The molecule has 1 N–H and O–H groups in total. The van der Waals surface area contributed by atoms with Gasteiger partial charge in [0.05, 0.1) is 6.61 Å². The van der Waals surface area contributed by atoms with Crippen molar-refractivity contribution in [1.29, 1.82) is 0 Å². The third kappa shape index (κ3) is 8.18. The monoisotopic (exact) mass is 279 g/mol. The first-order valence-corrected chi connectivity index (χ1v) is 7.75. The van der Waals surface area contributed by atoms with Gasteiger partial charge in [0.1, 0.15) is 12.4 Å². The smallest absolute Gasteiger partial charge is 0.119 e. The van der Waals surface area contributed by atoms with Crippen LogP contribution >= 0.6 is 0 Å². The van der Waals surface area contributed by atoms with Gasteiger partial charge >= 0.3 is 0 Å². The first-order valence-electron chi connectivity index (χ1n) is 7.75. The Hall–Kier alpha value is -1.06. The molecule has 20 heavy (non-hydrogen) atoms. The summed E-state index contributed by atoms with van der Waals surface area (Å²) in [6.45, 7) is 9.50. The van der Waals surface area contributed by atoms with Gasteiger partial charge in [-0.05, 0) is 24.1 Å². The summed E-state index contributed by atoms with van der Waals surface area (Å²) in [5, 5.41) is 3.40. The molecule has 1 rings (SSSR count). The summed E-state index contributed by atoms with van der Waals surface area (Å²) in [6, 6.07) is 8.73. The first kappa shape index (κ1) is 17.0. The van der Waals surface area contributed by atoms with Crippen LogP contribution in [0.1, 0.15) is 45.6 Å². The Morgan fingerprint density at radius 2 is 1.95 bits per heavy atom. The highest BCUT2D eigenvalue weighted by Gasteiger charge is 1.99. The number of hydrogen-bond donors (Lipinski definition) is 1. The zero-order chi connectivity index (χ0) is 14.6. The van der Waals surface area contributed by atoms with E-state index in [1.54, 1.807) is 0 Å². The Labute approximate surface area is 123 Å². The van der Waals surface area contributed by atoms with Gasteiger partial charge in [-0.25, -0.2) is 0 Å². The van der Waals surface area contributed by atoms with E-state index in [9.17, 15) is 0 Å². The molecule has 0 aliphatic rings. The topological polar surface area (TPSA) is 30.5 Å². The van der Waals surface area contributed by atoms with Crippen molar-refractivity contribution in [2.24, 2.45) is 0 Å². The third-order valence-electron chi connectivity index (χ3n) is 3.00. The first-order chi connectivity index (χ1) is 9.72. The van der Waals surface area contributed by atoms with E-state index in [1.807, 2.05) is 12.1 Å². The number of hydrogen-bond acceptors (Lipinski definition) is 3. The molecule has 0 radical (unpaired) electrons. The predicted octanol–water partition coefficient (Wildman–Crippen LogP) is 3.77. The molecule has 0 aliphatic carbocycles. The van der Waals surface area contributed by atoms with Crippen LogP contribution in [-0.2, 0) is 11.3 Å². The summed E-state index contributed by atoms with van der Waals surface area (Å²) in [7, 11) is 0. The number of rotatable bonds is 11. The highest BCUT2D eigenvalue weighted by Crippen LogP contribution is 2.13. The molecule has 0 atom stereocenters. The Balaban J connectivity index is 2.18. The highest BCUT2D eigenvalue weighted by atomic mass is 16.5. The van der Waals surface area contributed by atoms with Gasteiger partial charge in [0, 0.05) is 19.2 Å². The lowest BCUT2D eigenvalue weighted by molar-refractivity contribution is 0.0973. The Bertz CT molecular complexity index is 353. The Morgan fingerprint density at radius 1 is 1.10 bits per heavy atom. The molecule has 1 aromatic rings. The van der Waals surface area contributed by atoms with Gasteiger partial charge in [0.15, 0.2) is 0 Å². The van der Waals surface area contributed by atoms with Crippen LogP contribution in [0.5, 0.6) is 5.75 Å². The molecule has 0 spiro atoms. The van der Waals surface area contributed by atoms with E-state index in [-0.39, 0.29) is 0 Å². The standard InChI is InChI=1S/C17H29NO2/c1-4-5-6-10-19-11-12-20-17-9-7-8-16(13-17)14-18-15(2)3/h7-9,13,15,18H,4-6,10-12,14H2,1-3H3. The molecular formula is C17H29NO2. The predicted molar refractivity (Wildman–Crippen MR) is 84.3 cm³/mol. The van der Waals surface area contributed by atoms with Crippen molar-refractivity contribution in [3.63, 3.8) is 0 Å². The van der Waals surface area contributed by atoms with Crippen LogP contribution in [0.15, 0.2) is 24.3 Å². The van der Waals surface area contributed by atoms with Crippen molar-refractivity contribution in [1.82, 2.24) is 5.32 Å². The zero-order valence-corrected chi connectivity index (χ0v) is 13.2. The molecule has 0 heterocycles. The van der Waals surface area contributed by atoms with Crippen molar-refractivity contribution >= 4 is 0 Å². The van der Waals surface area contributed by atoms with Crippen molar-refractivity contribution in [3.8, 4) is 5.75 Å². The van der Waals surface area contributed by atoms with E-state index in [2.05, 4.69) is 38.2 Å². The van der Waals surface area contributed by atoms with Gasteiger partial charge < -0.3 is 14.8 Å². The number of ether oxygens (including phenoxy) is 2. The maximum absolute atomic E-state index is 5.71. The lowest BCUT2D eigenvalue weighted by Crippen LogP contribution is -2.21. The molecule has 0 fully saturated rings. The average Bonchev–Trinajstić information content (AvgIpc) is 2.45. The molecule has 0 aliphatic heterocycles. The quantitative estimate of drug-likeness (QED) is 0.625. The molecule has 0 saturated carbocycles.